The van der Waals surface area contributed by atoms with Crippen molar-refractivity contribution in [2.45, 2.75) is 56.5 Å². The van der Waals surface area contributed by atoms with Crippen LogP contribution >= 0.6 is 23.2 Å². The Balaban J connectivity index is 1.52. The van der Waals surface area contributed by atoms with E-state index in [2.05, 4.69) is 17.9 Å². The first kappa shape index (κ1) is 25.6. The highest BCUT2D eigenvalue weighted by molar-refractivity contribution is 7.89. The number of nitrogens with zero attached hydrogens (tertiary/aromatic N) is 2. The second-order valence-electron chi connectivity index (χ2n) is 8.91. The number of rotatable bonds is 9. The number of sulfonamides is 1. The Morgan fingerprint density at radius 2 is 1.94 bits per heavy atom. The highest BCUT2D eigenvalue weighted by Crippen LogP contribution is 2.49. The van der Waals surface area contributed by atoms with Gasteiger partial charge >= 0.3 is 0 Å². The lowest BCUT2D eigenvalue weighted by molar-refractivity contribution is 0.123. The van der Waals surface area contributed by atoms with E-state index < -0.39 is 10.0 Å². The Morgan fingerprint density at radius 1 is 1.18 bits per heavy atom. The predicted molar refractivity (Wildman–Crippen MR) is 136 cm³/mol. The molecule has 0 spiro atoms. The molecular weight excluding hydrogens is 495 g/mol. The standard InChI is InChI=1S/C25H32Cl2N2O4S/c1-5-28(34(30,31)23-15-18(26)6-8-20(23)27)12-10-16(2)29-13-11-17-14-22(32-3)25(33-4)19-7-9-21(29)24(17)19/h6,8,14-16,21H,5,7,9-13H2,1-4H3. The van der Waals surface area contributed by atoms with Gasteiger partial charge in [0.25, 0.3) is 0 Å². The number of methoxy groups -OCH3 is 2. The zero-order chi connectivity index (χ0) is 24.6. The van der Waals surface area contributed by atoms with Crippen LogP contribution in [-0.2, 0) is 22.9 Å². The van der Waals surface area contributed by atoms with Crippen molar-refractivity contribution < 1.29 is 17.9 Å². The first-order valence-electron chi connectivity index (χ1n) is 11.7. The van der Waals surface area contributed by atoms with E-state index in [1.807, 2.05) is 6.92 Å². The number of hydrogen-bond donors (Lipinski definition) is 0. The molecule has 0 amide bonds. The fraction of sp³-hybridized carbons (Fsp3) is 0.520. The van der Waals surface area contributed by atoms with Crippen LogP contribution in [0.15, 0.2) is 29.2 Å². The fourth-order valence-corrected chi connectivity index (χ4v) is 7.66. The normalized spacial score (nSPS) is 18.7. The molecule has 0 fully saturated rings. The average molecular weight is 528 g/mol. The van der Waals surface area contributed by atoms with Gasteiger partial charge in [-0.15, -0.1) is 0 Å². The molecule has 0 saturated carbocycles. The molecular formula is C25H32Cl2N2O4S. The molecule has 1 aliphatic heterocycles. The SMILES string of the molecule is CCN(CCC(C)N1CCc2cc(OC)c(OC)c3c2C1CC3)S(=O)(=O)c1cc(Cl)ccc1Cl. The van der Waals surface area contributed by atoms with Crippen molar-refractivity contribution in [3.05, 3.63) is 51.0 Å². The topological polar surface area (TPSA) is 59.1 Å². The van der Waals surface area contributed by atoms with Crippen LogP contribution in [0.4, 0.5) is 0 Å². The van der Waals surface area contributed by atoms with Gasteiger partial charge in [0.15, 0.2) is 11.5 Å². The van der Waals surface area contributed by atoms with Gasteiger partial charge in [0.2, 0.25) is 10.0 Å². The molecule has 2 aromatic carbocycles. The molecule has 0 aromatic heterocycles. The van der Waals surface area contributed by atoms with Gasteiger partial charge in [0, 0.05) is 42.3 Å². The van der Waals surface area contributed by atoms with Crippen molar-refractivity contribution in [3.63, 3.8) is 0 Å². The van der Waals surface area contributed by atoms with Gasteiger partial charge in [-0.1, -0.05) is 30.1 Å². The Bertz CT molecular complexity index is 1170. The Labute approximate surface area is 212 Å². The summed E-state index contributed by atoms with van der Waals surface area (Å²) < 4.78 is 39.4. The Morgan fingerprint density at radius 3 is 2.62 bits per heavy atom. The first-order chi connectivity index (χ1) is 16.2. The van der Waals surface area contributed by atoms with Crippen molar-refractivity contribution in [1.29, 1.82) is 0 Å². The van der Waals surface area contributed by atoms with Gasteiger partial charge in [0.05, 0.1) is 19.2 Å². The number of benzene rings is 2. The van der Waals surface area contributed by atoms with Gasteiger partial charge < -0.3 is 9.47 Å². The minimum atomic E-state index is -3.74. The zero-order valence-electron chi connectivity index (χ0n) is 20.1. The van der Waals surface area contributed by atoms with E-state index in [4.69, 9.17) is 32.7 Å². The summed E-state index contributed by atoms with van der Waals surface area (Å²) >= 11 is 12.3. The summed E-state index contributed by atoms with van der Waals surface area (Å²) in [5.74, 6) is 1.65. The monoisotopic (exact) mass is 526 g/mol. The maximum Gasteiger partial charge on any atom is 0.244 e. The number of ether oxygens (including phenoxy) is 2. The molecule has 9 heteroatoms. The number of halogens is 2. The van der Waals surface area contributed by atoms with Crippen molar-refractivity contribution in [2.75, 3.05) is 33.9 Å². The molecule has 34 heavy (non-hydrogen) atoms. The third-order valence-electron chi connectivity index (χ3n) is 7.17. The minimum Gasteiger partial charge on any atom is -0.493 e. The molecule has 1 heterocycles. The van der Waals surface area contributed by atoms with Gasteiger partial charge in [-0.3, -0.25) is 4.90 Å². The summed E-state index contributed by atoms with van der Waals surface area (Å²) in [6.45, 7) is 5.76. The van der Waals surface area contributed by atoms with Crippen LogP contribution in [0, 0.1) is 0 Å². The van der Waals surface area contributed by atoms with Crippen molar-refractivity contribution in [2.24, 2.45) is 0 Å². The Hall–Kier alpha value is -1.51. The molecule has 0 radical (unpaired) electrons. The first-order valence-corrected chi connectivity index (χ1v) is 13.9. The van der Waals surface area contributed by atoms with Crippen LogP contribution in [0.5, 0.6) is 11.5 Å². The van der Waals surface area contributed by atoms with Gasteiger partial charge in [-0.05, 0) is 68.0 Å². The second-order valence-corrected chi connectivity index (χ2v) is 11.7. The largest absolute Gasteiger partial charge is 0.493 e. The molecule has 0 bridgehead atoms. The molecule has 186 valence electrons. The molecule has 2 aromatic rings. The predicted octanol–water partition coefficient (Wildman–Crippen LogP) is 5.35. The van der Waals surface area contributed by atoms with Crippen LogP contribution in [0.2, 0.25) is 10.0 Å². The van der Waals surface area contributed by atoms with E-state index in [9.17, 15) is 8.42 Å². The highest BCUT2D eigenvalue weighted by atomic mass is 35.5. The van der Waals surface area contributed by atoms with Crippen molar-refractivity contribution in [3.8, 4) is 11.5 Å². The maximum atomic E-state index is 13.3. The van der Waals surface area contributed by atoms with Gasteiger partial charge in [-0.2, -0.15) is 4.31 Å². The second kappa shape index (κ2) is 10.2. The van der Waals surface area contributed by atoms with Crippen LogP contribution < -0.4 is 9.47 Å². The molecule has 2 atom stereocenters. The summed E-state index contributed by atoms with van der Waals surface area (Å²) in [4.78, 5) is 2.59. The lowest BCUT2D eigenvalue weighted by atomic mass is 9.91. The number of hydrogen-bond acceptors (Lipinski definition) is 5. The van der Waals surface area contributed by atoms with Crippen LogP contribution in [-0.4, -0.2) is 57.5 Å². The summed E-state index contributed by atoms with van der Waals surface area (Å²) in [6, 6.07) is 7.21. The third kappa shape index (κ3) is 4.53. The van der Waals surface area contributed by atoms with E-state index in [1.165, 1.54) is 33.1 Å². The quantitative estimate of drug-likeness (QED) is 0.441. The summed E-state index contributed by atoms with van der Waals surface area (Å²) in [5, 5.41) is 0.537. The summed E-state index contributed by atoms with van der Waals surface area (Å²) in [7, 11) is -0.354. The third-order valence-corrected chi connectivity index (χ3v) is 9.86. The van der Waals surface area contributed by atoms with E-state index in [0.29, 0.717) is 24.2 Å². The molecule has 1 aliphatic carbocycles. The molecule has 2 unspecified atom stereocenters. The van der Waals surface area contributed by atoms with E-state index in [0.717, 1.165) is 43.7 Å². The molecule has 0 saturated heterocycles. The lowest BCUT2D eigenvalue weighted by Crippen LogP contribution is -2.43. The average Bonchev–Trinajstić information content (AvgIpc) is 3.26. The molecule has 4 rings (SSSR count). The fourth-order valence-electron chi connectivity index (χ4n) is 5.46. The van der Waals surface area contributed by atoms with Crippen LogP contribution in [0.25, 0.3) is 0 Å². The van der Waals surface area contributed by atoms with Gasteiger partial charge in [-0.25, -0.2) is 8.42 Å². The van der Waals surface area contributed by atoms with E-state index in [1.54, 1.807) is 20.3 Å². The molecule has 2 aliphatic rings. The maximum absolute atomic E-state index is 13.3. The summed E-state index contributed by atoms with van der Waals surface area (Å²) in [5.41, 5.74) is 3.97. The highest BCUT2D eigenvalue weighted by Gasteiger charge is 2.39. The van der Waals surface area contributed by atoms with E-state index >= 15 is 0 Å². The van der Waals surface area contributed by atoms with Crippen LogP contribution in [0.1, 0.15) is 49.4 Å². The summed E-state index contributed by atoms with van der Waals surface area (Å²) in [6.07, 6.45) is 3.65. The van der Waals surface area contributed by atoms with Crippen LogP contribution in [0.3, 0.4) is 0 Å². The van der Waals surface area contributed by atoms with Crippen molar-refractivity contribution >= 4 is 33.2 Å². The van der Waals surface area contributed by atoms with E-state index in [-0.39, 0.29) is 16.0 Å². The minimum absolute atomic E-state index is 0.0598. The van der Waals surface area contributed by atoms with Crippen molar-refractivity contribution in [1.82, 2.24) is 9.21 Å². The molecule has 6 nitrogen and oxygen atoms in total. The lowest BCUT2D eigenvalue weighted by Gasteiger charge is -2.40. The zero-order valence-corrected chi connectivity index (χ0v) is 22.4. The van der Waals surface area contributed by atoms with Gasteiger partial charge in [0.1, 0.15) is 4.90 Å². The smallest absolute Gasteiger partial charge is 0.244 e. The molecule has 0 N–H and O–H groups in total. The Kier molecular flexibility index (Phi) is 7.70.